The molecule has 0 bridgehead atoms. The highest BCUT2D eigenvalue weighted by molar-refractivity contribution is 5.53. The minimum Gasteiger partial charge on any atom is -0.469 e. The number of carbonyl (C=O) groups excluding carboxylic acids is 1. The van der Waals surface area contributed by atoms with Gasteiger partial charge in [-0.1, -0.05) is 13.8 Å². The second-order valence-electron chi connectivity index (χ2n) is 3.81. The largest absolute Gasteiger partial charge is 0.469 e. The highest BCUT2D eigenvalue weighted by Gasteiger charge is 2.11. The lowest BCUT2D eigenvalue weighted by atomic mass is 9.95. The average Bonchev–Trinajstić information content (AvgIpc) is 2.55. The summed E-state index contributed by atoms with van der Waals surface area (Å²) in [5.41, 5.74) is 0. The lowest BCUT2D eigenvalue weighted by Gasteiger charge is -2.10. The van der Waals surface area contributed by atoms with Crippen LogP contribution in [0.2, 0.25) is 0 Å². The van der Waals surface area contributed by atoms with Gasteiger partial charge in [-0.2, -0.15) is 0 Å². The van der Waals surface area contributed by atoms with Crippen molar-refractivity contribution in [3.05, 3.63) is 24.2 Å². The molecule has 0 fully saturated rings. The van der Waals surface area contributed by atoms with Gasteiger partial charge < -0.3 is 9.21 Å². The summed E-state index contributed by atoms with van der Waals surface area (Å²) in [6.07, 6.45) is 4.34. The monoisotopic (exact) mass is 180 g/mol. The third kappa shape index (κ3) is 3.45. The Morgan fingerprint density at radius 2 is 2.31 bits per heavy atom. The van der Waals surface area contributed by atoms with Crippen LogP contribution in [0.15, 0.2) is 22.8 Å². The van der Waals surface area contributed by atoms with Gasteiger partial charge in [-0.3, -0.25) is 0 Å². The second kappa shape index (κ2) is 4.85. The number of hydrogen-bond acceptors (Lipinski definition) is 2. The summed E-state index contributed by atoms with van der Waals surface area (Å²) in [6.45, 7) is 4.25. The fraction of sp³-hybridized carbons (Fsp3) is 0.545. The Morgan fingerprint density at radius 1 is 1.54 bits per heavy atom. The van der Waals surface area contributed by atoms with Crippen LogP contribution in [0.5, 0.6) is 0 Å². The molecule has 72 valence electrons. The van der Waals surface area contributed by atoms with E-state index in [0.717, 1.165) is 24.9 Å². The third-order valence-corrected chi connectivity index (χ3v) is 2.01. The molecule has 1 unspecified atom stereocenters. The molecule has 0 saturated carbocycles. The molecule has 0 radical (unpaired) electrons. The van der Waals surface area contributed by atoms with Crippen LogP contribution in [0, 0.1) is 11.8 Å². The van der Waals surface area contributed by atoms with Crippen LogP contribution >= 0.6 is 0 Å². The Labute approximate surface area is 78.9 Å². The smallest absolute Gasteiger partial charge is 0.123 e. The van der Waals surface area contributed by atoms with Crippen molar-refractivity contribution < 1.29 is 9.21 Å². The van der Waals surface area contributed by atoms with Gasteiger partial charge in [-0.25, -0.2) is 0 Å². The number of carbonyl (C=O) groups is 1. The maximum absolute atomic E-state index is 10.7. The van der Waals surface area contributed by atoms with Crippen LogP contribution in [-0.4, -0.2) is 6.29 Å². The van der Waals surface area contributed by atoms with Gasteiger partial charge in [0.05, 0.1) is 6.26 Å². The first-order chi connectivity index (χ1) is 6.22. The van der Waals surface area contributed by atoms with Crippen LogP contribution in [0.4, 0.5) is 0 Å². The first kappa shape index (κ1) is 10.0. The highest BCUT2D eigenvalue weighted by atomic mass is 16.3. The van der Waals surface area contributed by atoms with Crippen molar-refractivity contribution in [2.75, 3.05) is 0 Å². The summed E-state index contributed by atoms with van der Waals surface area (Å²) in [7, 11) is 0. The molecule has 0 amide bonds. The quantitative estimate of drug-likeness (QED) is 0.652. The third-order valence-electron chi connectivity index (χ3n) is 2.01. The molecule has 1 heterocycles. The zero-order valence-electron chi connectivity index (χ0n) is 8.19. The summed E-state index contributed by atoms with van der Waals surface area (Å²) >= 11 is 0. The fourth-order valence-electron chi connectivity index (χ4n) is 1.48. The molecule has 0 aliphatic heterocycles. The van der Waals surface area contributed by atoms with Gasteiger partial charge in [0.2, 0.25) is 0 Å². The van der Waals surface area contributed by atoms with Gasteiger partial charge in [0.25, 0.3) is 0 Å². The molecule has 0 spiro atoms. The number of hydrogen-bond donors (Lipinski definition) is 0. The molecule has 0 saturated heterocycles. The van der Waals surface area contributed by atoms with Crippen LogP contribution in [-0.2, 0) is 11.2 Å². The Balaban J connectivity index is 2.45. The topological polar surface area (TPSA) is 30.2 Å². The highest BCUT2D eigenvalue weighted by Crippen LogP contribution is 2.15. The van der Waals surface area contributed by atoms with Gasteiger partial charge >= 0.3 is 0 Å². The van der Waals surface area contributed by atoms with Gasteiger partial charge in [0, 0.05) is 12.3 Å². The molecule has 2 nitrogen and oxygen atoms in total. The van der Waals surface area contributed by atoms with Crippen LogP contribution < -0.4 is 0 Å². The Hall–Kier alpha value is -1.05. The van der Waals surface area contributed by atoms with E-state index in [9.17, 15) is 4.79 Å². The Bertz CT molecular complexity index is 237. The summed E-state index contributed by atoms with van der Waals surface area (Å²) in [6, 6.07) is 3.77. The van der Waals surface area contributed by atoms with E-state index >= 15 is 0 Å². The zero-order chi connectivity index (χ0) is 9.68. The van der Waals surface area contributed by atoms with Gasteiger partial charge in [0.15, 0.2) is 0 Å². The normalized spacial score (nSPS) is 13.2. The standard InChI is InChI=1S/C11H16O2/c1-9(2)6-10(8-12)7-11-4-3-5-13-11/h3-5,8-10H,6-7H2,1-2H3. The molecule has 0 N–H and O–H groups in total. The molecule has 13 heavy (non-hydrogen) atoms. The summed E-state index contributed by atoms with van der Waals surface area (Å²) in [4.78, 5) is 10.7. The van der Waals surface area contributed by atoms with E-state index in [1.54, 1.807) is 6.26 Å². The zero-order valence-corrected chi connectivity index (χ0v) is 8.19. The molecule has 1 atom stereocenters. The molecule has 0 aromatic carbocycles. The van der Waals surface area contributed by atoms with Gasteiger partial charge in [-0.05, 0) is 24.5 Å². The van der Waals surface area contributed by atoms with E-state index in [1.165, 1.54) is 0 Å². The van der Waals surface area contributed by atoms with Crippen LogP contribution in [0.1, 0.15) is 26.0 Å². The van der Waals surface area contributed by atoms with Gasteiger partial charge in [0.1, 0.15) is 12.0 Å². The molecular weight excluding hydrogens is 164 g/mol. The Morgan fingerprint density at radius 3 is 2.77 bits per heavy atom. The van der Waals surface area contributed by atoms with Crippen LogP contribution in [0.3, 0.4) is 0 Å². The fourth-order valence-corrected chi connectivity index (χ4v) is 1.48. The van der Waals surface area contributed by atoms with Crippen molar-refractivity contribution >= 4 is 6.29 Å². The lowest BCUT2D eigenvalue weighted by Crippen LogP contribution is -2.08. The summed E-state index contributed by atoms with van der Waals surface area (Å²) in [5, 5.41) is 0. The van der Waals surface area contributed by atoms with Crippen molar-refractivity contribution in [1.82, 2.24) is 0 Å². The lowest BCUT2D eigenvalue weighted by molar-refractivity contribution is -0.111. The molecule has 0 aliphatic rings. The predicted octanol–water partition coefficient (Wildman–Crippen LogP) is 2.68. The molecule has 2 heteroatoms. The summed E-state index contributed by atoms with van der Waals surface area (Å²) in [5.74, 6) is 1.56. The Kier molecular flexibility index (Phi) is 3.74. The number of furan rings is 1. The van der Waals surface area contributed by atoms with Crippen molar-refractivity contribution in [3.8, 4) is 0 Å². The van der Waals surface area contributed by atoms with E-state index in [1.807, 2.05) is 12.1 Å². The number of aldehydes is 1. The van der Waals surface area contributed by atoms with Gasteiger partial charge in [-0.15, -0.1) is 0 Å². The molecule has 0 aliphatic carbocycles. The molecule has 1 aromatic heterocycles. The summed E-state index contributed by atoms with van der Waals surface area (Å²) < 4.78 is 5.19. The van der Waals surface area contributed by atoms with Crippen molar-refractivity contribution in [1.29, 1.82) is 0 Å². The minimum atomic E-state index is 0.103. The van der Waals surface area contributed by atoms with Crippen molar-refractivity contribution in [2.45, 2.75) is 26.7 Å². The van der Waals surface area contributed by atoms with Crippen molar-refractivity contribution in [3.63, 3.8) is 0 Å². The van der Waals surface area contributed by atoms with E-state index in [4.69, 9.17) is 4.42 Å². The molecule has 1 rings (SSSR count). The van der Waals surface area contributed by atoms with Crippen LogP contribution in [0.25, 0.3) is 0 Å². The minimum absolute atomic E-state index is 0.103. The average molecular weight is 180 g/mol. The van der Waals surface area contributed by atoms with E-state index in [-0.39, 0.29) is 5.92 Å². The second-order valence-corrected chi connectivity index (χ2v) is 3.81. The van der Waals surface area contributed by atoms with E-state index < -0.39 is 0 Å². The van der Waals surface area contributed by atoms with E-state index in [0.29, 0.717) is 5.92 Å². The maximum atomic E-state index is 10.7. The van der Waals surface area contributed by atoms with Crippen molar-refractivity contribution in [2.24, 2.45) is 11.8 Å². The first-order valence-corrected chi connectivity index (χ1v) is 4.70. The number of rotatable bonds is 5. The first-order valence-electron chi connectivity index (χ1n) is 4.70. The molecular formula is C11H16O2. The van der Waals surface area contributed by atoms with E-state index in [2.05, 4.69) is 13.8 Å². The maximum Gasteiger partial charge on any atom is 0.123 e. The molecule has 1 aromatic rings. The predicted molar refractivity (Wildman–Crippen MR) is 51.4 cm³/mol. The SMILES string of the molecule is CC(C)CC(C=O)Cc1ccco1.